The fourth-order valence-electron chi connectivity index (χ4n) is 2.46. The van der Waals surface area contributed by atoms with Crippen molar-refractivity contribution in [3.63, 3.8) is 0 Å². The molecule has 1 aromatic heterocycles. The van der Waals surface area contributed by atoms with Gasteiger partial charge in [-0.15, -0.1) is 0 Å². The summed E-state index contributed by atoms with van der Waals surface area (Å²) in [6.07, 6.45) is 0. The Balaban J connectivity index is 2.12. The van der Waals surface area contributed by atoms with Crippen LogP contribution in [0.3, 0.4) is 0 Å². The van der Waals surface area contributed by atoms with E-state index >= 15 is 0 Å². The topological polar surface area (TPSA) is 29.9 Å². The molecule has 0 fully saturated rings. The fraction of sp³-hybridized carbons (Fsp3) is 0.400. The molecule has 20 heavy (non-hydrogen) atoms. The van der Waals surface area contributed by atoms with E-state index in [0.29, 0.717) is 12.1 Å². The maximum absolute atomic E-state index is 13.7. The molecule has 108 valence electrons. The van der Waals surface area contributed by atoms with Crippen molar-refractivity contribution >= 4 is 15.9 Å². The van der Waals surface area contributed by atoms with Gasteiger partial charge in [0.15, 0.2) is 0 Å². The third-order valence-electron chi connectivity index (χ3n) is 3.60. The maximum atomic E-state index is 13.7. The summed E-state index contributed by atoms with van der Waals surface area (Å²) in [5.41, 5.74) is 3.99. The maximum Gasteiger partial charge on any atom is 0.127 e. The van der Waals surface area contributed by atoms with Crippen molar-refractivity contribution in [2.24, 2.45) is 7.05 Å². The van der Waals surface area contributed by atoms with Gasteiger partial charge in [-0.2, -0.15) is 5.10 Å². The summed E-state index contributed by atoms with van der Waals surface area (Å²) in [5, 5.41) is 7.78. The minimum absolute atomic E-state index is 0.127. The van der Waals surface area contributed by atoms with Crippen molar-refractivity contribution < 1.29 is 4.39 Å². The molecule has 5 heteroatoms. The van der Waals surface area contributed by atoms with Crippen LogP contribution in [0.15, 0.2) is 22.7 Å². The second-order valence-electron chi connectivity index (χ2n) is 5.05. The summed E-state index contributed by atoms with van der Waals surface area (Å²) in [6, 6.07) is 5.12. The van der Waals surface area contributed by atoms with Gasteiger partial charge in [0.1, 0.15) is 5.82 Å². The average Bonchev–Trinajstić information content (AvgIpc) is 2.64. The van der Waals surface area contributed by atoms with Gasteiger partial charge in [-0.05, 0) is 39.0 Å². The summed E-state index contributed by atoms with van der Waals surface area (Å²) >= 11 is 3.37. The van der Waals surface area contributed by atoms with Gasteiger partial charge in [-0.3, -0.25) is 4.68 Å². The summed E-state index contributed by atoms with van der Waals surface area (Å²) in [6.45, 7) is 6.61. The van der Waals surface area contributed by atoms with Gasteiger partial charge in [0.2, 0.25) is 0 Å². The Labute approximate surface area is 127 Å². The molecule has 0 saturated carbocycles. The van der Waals surface area contributed by atoms with Crippen LogP contribution < -0.4 is 5.32 Å². The number of aryl methyl sites for hydroxylation is 2. The molecule has 0 aliphatic rings. The number of rotatable bonds is 4. The smallest absolute Gasteiger partial charge is 0.127 e. The summed E-state index contributed by atoms with van der Waals surface area (Å²) in [4.78, 5) is 0. The minimum atomic E-state index is -0.187. The van der Waals surface area contributed by atoms with Crippen molar-refractivity contribution in [1.82, 2.24) is 15.1 Å². The Morgan fingerprint density at radius 2 is 2.10 bits per heavy atom. The molecule has 1 atom stereocenters. The highest BCUT2D eigenvalue weighted by atomic mass is 79.9. The van der Waals surface area contributed by atoms with Crippen LogP contribution in [0.2, 0.25) is 0 Å². The van der Waals surface area contributed by atoms with Crippen molar-refractivity contribution in [3.8, 4) is 0 Å². The van der Waals surface area contributed by atoms with E-state index in [-0.39, 0.29) is 11.9 Å². The zero-order valence-corrected chi connectivity index (χ0v) is 13.8. The molecule has 0 bridgehead atoms. The lowest BCUT2D eigenvalue weighted by Crippen LogP contribution is -2.20. The van der Waals surface area contributed by atoms with Crippen LogP contribution in [0.5, 0.6) is 0 Å². The molecule has 2 aromatic rings. The largest absolute Gasteiger partial charge is 0.306 e. The Kier molecular flexibility index (Phi) is 4.60. The quantitative estimate of drug-likeness (QED) is 0.918. The standard InChI is InChI=1S/C15H19BrFN3/c1-9(15-10(2)19-20(4)11(15)3)18-8-12-7-13(16)5-6-14(12)17/h5-7,9,18H,8H2,1-4H3. The number of aromatic nitrogens is 2. The molecule has 1 N–H and O–H groups in total. The number of nitrogens with zero attached hydrogens (tertiary/aromatic N) is 2. The second-order valence-corrected chi connectivity index (χ2v) is 5.96. The highest BCUT2D eigenvalue weighted by Gasteiger charge is 2.16. The lowest BCUT2D eigenvalue weighted by molar-refractivity contribution is 0.540. The molecular weight excluding hydrogens is 321 g/mol. The Bertz CT molecular complexity index is 622. The van der Waals surface area contributed by atoms with E-state index < -0.39 is 0 Å². The predicted molar refractivity (Wildman–Crippen MR) is 82.0 cm³/mol. The van der Waals surface area contributed by atoms with E-state index in [0.717, 1.165) is 15.9 Å². The van der Waals surface area contributed by atoms with Crippen LogP contribution in [0.1, 0.15) is 35.5 Å². The molecule has 0 aliphatic carbocycles. The fourth-order valence-corrected chi connectivity index (χ4v) is 2.87. The zero-order valence-electron chi connectivity index (χ0n) is 12.2. The van der Waals surface area contributed by atoms with Crippen molar-refractivity contribution in [2.45, 2.75) is 33.4 Å². The first-order valence-electron chi connectivity index (χ1n) is 6.57. The molecule has 3 nitrogen and oxygen atoms in total. The normalized spacial score (nSPS) is 12.7. The van der Waals surface area contributed by atoms with Crippen LogP contribution >= 0.6 is 15.9 Å². The Hall–Kier alpha value is -1.20. The molecule has 0 amide bonds. The van der Waals surface area contributed by atoms with Gasteiger partial charge in [-0.1, -0.05) is 15.9 Å². The van der Waals surface area contributed by atoms with Crippen molar-refractivity contribution in [2.75, 3.05) is 0 Å². The first kappa shape index (κ1) is 15.2. The molecule has 2 rings (SSSR count). The SMILES string of the molecule is Cc1nn(C)c(C)c1C(C)NCc1cc(Br)ccc1F. The summed E-state index contributed by atoms with van der Waals surface area (Å²) in [5.74, 6) is -0.187. The predicted octanol–water partition coefficient (Wildman–Crippen LogP) is 3.79. The highest BCUT2D eigenvalue weighted by molar-refractivity contribution is 9.10. The van der Waals surface area contributed by atoms with Gasteiger partial charge < -0.3 is 5.32 Å². The van der Waals surface area contributed by atoms with Crippen molar-refractivity contribution in [3.05, 3.63) is 51.0 Å². The molecule has 0 spiro atoms. The van der Waals surface area contributed by atoms with Crippen LogP contribution in [0.25, 0.3) is 0 Å². The van der Waals surface area contributed by atoms with E-state index in [2.05, 4.69) is 33.3 Å². The molecule has 0 radical (unpaired) electrons. The minimum Gasteiger partial charge on any atom is -0.306 e. The summed E-state index contributed by atoms with van der Waals surface area (Å²) in [7, 11) is 1.94. The summed E-state index contributed by atoms with van der Waals surface area (Å²) < 4.78 is 16.5. The van der Waals surface area contributed by atoms with Crippen LogP contribution in [-0.4, -0.2) is 9.78 Å². The zero-order chi connectivity index (χ0) is 14.9. The monoisotopic (exact) mass is 339 g/mol. The van der Waals surface area contributed by atoms with Crippen LogP contribution in [-0.2, 0) is 13.6 Å². The Morgan fingerprint density at radius 3 is 2.70 bits per heavy atom. The van der Waals surface area contributed by atoms with E-state index in [4.69, 9.17) is 0 Å². The van der Waals surface area contributed by atoms with Crippen LogP contribution in [0, 0.1) is 19.7 Å². The van der Waals surface area contributed by atoms with Gasteiger partial charge >= 0.3 is 0 Å². The molecule has 0 saturated heterocycles. The third-order valence-corrected chi connectivity index (χ3v) is 4.10. The van der Waals surface area contributed by atoms with Gasteiger partial charge in [0, 0.05) is 40.9 Å². The number of nitrogens with one attached hydrogen (secondary N) is 1. The molecule has 0 aliphatic heterocycles. The van der Waals surface area contributed by atoms with E-state index in [1.54, 1.807) is 12.1 Å². The highest BCUT2D eigenvalue weighted by Crippen LogP contribution is 2.22. The first-order chi connectivity index (χ1) is 9.40. The van der Waals surface area contributed by atoms with E-state index in [1.165, 1.54) is 11.6 Å². The lowest BCUT2D eigenvalue weighted by Gasteiger charge is -2.15. The van der Waals surface area contributed by atoms with Gasteiger partial charge in [-0.25, -0.2) is 4.39 Å². The molecule has 1 heterocycles. The van der Waals surface area contributed by atoms with Crippen LogP contribution in [0.4, 0.5) is 4.39 Å². The second kappa shape index (κ2) is 6.06. The Morgan fingerprint density at radius 1 is 1.40 bits per heavy atom. The molecule has 1 unspecified atom stereocenters. The van der Waals surface area contributed by atoms with Crippen molar-refractivity contribution in [1.29, 1.82) is 0 Å². The number of hydrogen-bond donors (Lipinski definition) is 1. The van der Waals surface area contributed by atoms with E-state index in [1.807, 2.05) is 25.6 Å². The van der Waals surface area contributed by atoms with Gasteiger partial charge in [0.05, 0.1) is 5.69 Å². The molecule has 1 aromatic carbocycles. The average molecular weight is 340 g/mol. The number of hydrogen-bond acceptors (Lipinski definition) is 2. The lowest BCUT2D eigenvalue weighted by atomic mass is 10.1. The third kappa shape index (κ3) is 3.10. The van der Waals surface area contributed by atoms with Gasteiger partial charge in [0.25, 0.3) is 0 Å². The number of benzene rings is 1. The first-order valence-corrected chi connectivity index (χ1v) is 7.37. The molecular formula is C15H19BrFN3. The number of halogens is 2. The van der Waals surface area contributed by atoms with E-state index in [9.17, 15) is 4.39 Å².